The minimum atomic E-state index is -1.03. The molecule has 0 spiro atoms. The lowest BCUT2D eigenvalue weighted by atomic mass is 9.86. The van der Waals surface area contributed by atoms with Crippen molar-refractivity contribution in [2.75, 3.05) is 51.3 Å². The predicted molar refractivity (Wildman–Crippen MR) is 162 cm³/mol. The zero-order valence-corrected chi connectivity index (χ0v) is 24.4. The first-order chi connectivity index (χ1) is 20.8. The second kappa shape index (κ2) is 12.3. The number of piperazine rings is 1. The minimum absolute atomic E-state index is 0.0313. The smallest absolute Gasteiger partial charge is 0.319 e. The molecule has 0 N–H and O–H groups in total. The number of alkyl halides is 1. The van der Waals surface area contributed by atoms with Crippen molar-refractivity contribution in [2.45, 2.75) is 50.4 Å². The van der Waals surface area contributed by atoms with E-state index >= 15 is 0 Å². The van der Waals surface area contributed by atoms with Crippen molar-refractivity contribution in [3.63, 3.8) is 0 Å². The zero-order valence-electron chi connectivity index (χ0n) is 24.4. The number of benzene rings is 2. The number of rotatable bonds is 7. The van der Waals surface area contributed by atoms with Crippen molar-refractivity contribution in [1.82, 2.24) is 19.8 Å². The van der Waals surface area contributed by atoms with Crippen LogP contribution in [0.1, 0.15) is 30.4 Å². The molecule has 43 heavy (non-hydrogen) atoms. The molecule has 8 nitrogen and oxygen atoms in total. The number of carbonyl (C=O) groups excluding carboxylic acids is 1. The lowest BCUT2D eigenvalue weighted by Gasteiger charge is -2.39. The number of fused-ring (bicyclic) bond motifs is 2. The lowest BCUT2D eigenvalue weighted by Crippen LogP contribution is -2.56. The molecule has 3 aliphatic rings. The van der Waals surface area contributed by atoms with Crippen LogP contribution in [0.15, 0.2) is 48.8 Å². The number of amides is 1. The summed E-state index contributed by atoms with van der Waals surface area (Å²) < 4.78 is 33.9. The molecule has 10 heteroatoms. The first-order valence-electron chi connectivity index (χ1n) is 15.0. The number of nitrogens with zero attached hydrogens (tertiary/aromatic N) is 6. The largest absolute Gasteiger partial charge is 0.462 e. The Morgan fingerprint density at radius 2 is 1.98 bits per heavy atom. The molecule has 2 saturated heterocycles. The predicted octanol–water partition coefficient (Wildman–Crippen LogP) is 5.02. The molecule has 2 fully saturated rings. The van der Waals surface area contributed by atoms with E-state index in [1.807, 2.05) is 22.9 Å². The number of aryl methyl sites for hydroxylation is 1. The average molecular weight is 587 g/mol. The number of likely N-dealkylation sites (tertiary alicyclic amines) is 1. The van der Waals surface area contributed by atoms with Gasteiger partial charge in [0.05, 0.1) is 5.52 Å². The third kappa shape index (κ3) is 5.91. The first-order valence-corrected chi connectivity index (χ1v) is 15.0. The standard InChI is InChI=1S/C33H36F2N6O2/c1-21(34)32(42)41-14-13-40(19-26(41)17-36-2)31-29-12-11-23(28-10-6-8-22-7-4-5-9-27(22)28)15-30(29)37-33(38-31)43-20-25-16-24(35)18-39(25)3/h6,8,10-12,15,24-26H,1,4-5,7,9,13-14,16-20H2,3H3/t24-,25+,26+/m1/s1. The van der Waals surface area contributed by atoms with Gasteiger partial charge in [-0.3, -0.25) is 9.69 Å². The molecule has 224 valence electrons. The molecule has 2 aliphatic heterocycles. The monoisotopic (exact) mass is 586 g/mol. The zero-order chi connectivity index (χ0) is 30.1. The summed E-state index contributed by atoms with van der Waals surface area (Å²) in [6.07, 6.45) is 4.03. The van der Waals surface area contributed by atoms with E-state index < -0.39 is 23.9 Å². The van der Waals surface area contributed by atoms with E-state index in [-0.39, 0.29) is 31.7 Å². The number of halogens is 2. The molecule has 0 radical (unpaired) electrons. The summed E-state index contributed by atoms with van der Waals surface area (Å²) in [5.41, 5.74) is 5.78. The van der Waals surface area contributed by atoms with Gasteiger partial charge in [-0.25, -0.2) is 15.4 Å². The Hall–Kier alpha value is -4.10. The van der Waals surface area contributed by atoms with Gasteiger partial charge in [0.15, 0.2) is 5.83 Å². The van der Waals surface area contributed by atoms with E-state index in [0.29, 0.717) is 37.4 Å². The van der Waals surface area contributed by atoms with Gasteiger partial charge in [-0.1, -0.05) is 30.8 Å². The summed E-state index contributed by atoms with van der Waals surface area (Å²) in [5.74, 6) is -1.19. The number of aromatic nitrogens is 2. The first kappa shape index (κ1) is 29.0. The fraction of sp³-hybridized carbons (Fsp3) is 0.455. The highest BCUT2D eigenvalue weighted by Crippen LogP contribution is 2.36. The summed E-state index contributed by atoms with van der Waals surface area (Å²) in [6.45, 7) is 12.2. The van der Waals surface area contributed by atoms with Crippen LogP contribution in [0.25, 0.3) is 26.9 Å². The maximum Gasteiger partial charge on any atom is 0.319 e. The lowest BCUT2D eigenvalue weighted by molar-refractivity contribution is -0.131. The van der Waals surface area contributed by atoms with Crippen molar-refractivity contribution in [2.24, 2.45) is 0 Å². The van der Waals surface area contributed by atoms with E-state index in [4.69, 9.17) is 21.3 Å². The normalized spacial score (nSPS) is 22.3. The molecule has 3 aromatic rings. The maximum atomic E-state index is 14.0. The van der Waals surface area contributed by atoms with Gasteiger partial charge in [0.2, 0.25) is 6.54 Å². The van der Waals surface area contributed by atoms with Crippen molar-refractivity contribution in [3.8, 4) is 17.1 Å². The van der Waals surface area contributed by atoms with Gasteiger partial charge in [-0.2, -0.15) is 9.97 Å². The number of hydrogen-bond acceptors (Lipinski definition) is 6. The highest BCUT2D eigenvalue weighted by atomic mass is 19.1. The van der Waals surface area contributed by atoms with E-state index in [2.05, 4.69) is 41.8 Å². The van der Waals surface area contributed by atoms with Gasteiger partial charge in [0.1, 0.15) is 24.6 Å². The Balaban J connectivity index is 1.38. The molecule has 1 aromatic heterocycles. The van der Waals surface area contributed by atoms with Gasteiger partial charge in [-0.05, 0) is 73.5 Å². The maximum absolute atomic E-state index is 14.0. The highest BCUT2D eigenvalue weighted by Gasteiger charge is 2.35. The van der Waals surface area contributed by atoms with E-state index in [1.54, 1.807) is 0 Å². The van der Waals surface area contributed by atoms with Gasteiger partial charge < -0.3 is 19.4 Å². The van der Waals surface area contributed by atoms with Gasteiger partial charge in [0, 0.05) is 37.6 Å². The van der Waals surface area contributed by atoms with Crippen molar-refractivity contribution >= 4 is 22.6 Å². The molecule has 3 heterocycles. The van der Waals surface area contributed by atoms with E-state index in [1.165, 1.54) is 34.4 Å². The second-order valence-corrected chi connectivity index (χ2v) is 11.8. The average Bonchev–Trinajstić information content (AvgIpc) is 3.34. The Kier molecular flexibility index (Phi) is 8.26. The number of carbonyl (C=O) groups is 1. The second-order valence-electron chi connectivity index (χ2n) is 11.8. The van der Waals surface area contributed by atoms with Gasteiger partial charge in [-0.15, -0.1) is 0 Å². The molecule has 3 atom stereocenters. The van der Waals surface area contributed by atoms with Crippen LogP contribution in [0.5, 0.6) is 6.01 Å². The van der Waals surface area contributed by atoms with E-state index in [0.717, 1.165) is 23.8 Å². The summed E-state index contributed by atoms with van der Waals surface area (Å²) >= 11 is 0. The van der Waals surface area contributed by atoms with Crippen molar-refractivity contribution in [3.05, 3.63) is 71.3 Å². The van der Waals surface area contributed by atoms with Crippen molar-refractivity contribution < 1.29 is 18.3 Å². The Labute approximate surface area is 250 Å². The fourth-order valence-electron chi connectivity index (χ4n) is 6.73. The molecule has 0 saturated carbocycles. The summed E-state index contributed by atoms with van der Waals surface area (Å²) in [5, 5.41) is 0.818. The van der Waals surface area contributed by atoms with Crippen LogP contribution in [0.4, 0.5) is 14.6 Å². The van der Waals surface area contributed by atoms with Gasteiger partial charge >= 0.3 is 6.01 Å². The van der Waals surface area contributed by atoms with E-state index in [9.17, 15) is 13.6 Å². The SMILES string of the molecule is [C-]#[N+]C[C@H]1CN(c2nc(OC[C@@H]3C[C@@H](F)CN3C)nc3cc(-c4cccc5c4CCCC5)ccc23)CCN1C(=O)C(=C)F. The molecule has 6 rings (SSSR count). The van der Waals surface area contributed by atoms with Crippen LogP contribution in [0.2, 0.25) is 0 Å². The fourth-order valence-corrected chi connectivity index (χ4v) is 6.73. The number of anilines is 1. The summed E-state index contributed by atoms with van der Waals surface area (Å²) in [6, 6.07) is 12.3. The molecule has 1 amide bonds. The van der Waals surface area contributed by atoms with Gasteiger partial charge in [0.25, 0.3) is 5.91 Å². The van der Waals surface area contributed by atoms with Crippen LogP contribution in [0.3, 0.4) is 0 Å². The molecular weight excluding hydrogens is 550 g/mol. The molecular formula is C33H36F2N6O2. The number of ether oxygens (including phenoxy) is 1. The number of hydrogen-bond donors (Lipinski definition) is 0. The Morgan fingerprint density at radius 1 is 1.14 bits per heavy atom. The minimum Gasteiger partial charge on any atom is -0.462 e. The van der Waals surface area contributed by atoms with Crippen LogP contribution < -0.4 is 9.64 Å². The summed E-state index contributed by atoms with van der Waals surface area (Å²) in [7, 11) is 1.89. The molecule has 2 aromatic carbocycles. The molecule has 0 bridgehead atoms. The highest BCUT2D eigenvalue weighted by molar-refractivity contribution is 5.94. The Bertz CT molecular complexity index is 1590. The third-order valence-corrected chi connectivity index (χ3v) is 8.98. The van der Waals surface area contributed by atoms with Crippen LogP contribution in [-0.4, -0.2) is 90.3 Å². The van der Waals surface area contributed by atoms with Crippen LogP contribution >= 0.6 is 0 Å². The van der Waals surface area contributed by atoms with Crippen LogP contribution in [0, 0.1) is 6.57 Å². The number of likely N-dealkylation sites (N-methyl/N-ethyl adjacent to an activating group) is 1. The third-order valence-electron chi connectivity index (χ3n) is 8.98. The molecule has 1 aliphatic carbocycles. The topological polar surface area (TPSA) is 66.2 Å². The van der Waals surface area contributed by atoms with Crippen molar-refractivity contribution in [1.29, 1.82) is 0 Å². The molecule has 0 unspecified atom stereocenters. The van der Waals surface area contributed by atoms with Crippen LogP contribution in [-0.2, 0) is 17.6 Å². The quantitative estimate of drug-likeness (QED) is 0.286. The summed E-state index contributed by atoms with van der Waals surface area (Å²) in [4.78, 5) is 31.0. The Morgan fingerprint density at radius 3 is 2.74 bits per heavy atom.